The lowest BCUT2D eigenvalue weighted by molar-refractivity contribution is -0.136. The van der Waals surface area contributed by atoms with Gasteiger partial charge < -0.3 is 10.0 Å². The van der Waals surface area contributed by atoms with Crippen LogP contribution < -0.4 is 0 Å². The van der Waals surface area contributed by atoms with Gasteiger partial charge >= 0.3 is 0 Å². The number of hydrogen-bond acceptors (Lipinski definition) is 2. The molecule has 0 radical (unpaired) electrons. The second-order valence-corrected chi connectivity index (χ2v) is 2.99. The second-order valence-electron chi connectivity index (χ2n) is 2.99. The Morgan fingerprint density at radius 3 is 2.09 bits per heavy atom. The van der Waals surface area contributed by atoms with Crippen LogP contribution in [-0.4, -0.2) is 36.1 Å². The van der Waals surface area contributed by atoms with Crippen molar-refractivity contribution in [3.8, 4) is 0 Å². The molecule has 0 saturated carbocycles. The van der Waals surface area contributed by atoms with E-state index >= 15 is 0 Å². The van der Waals surface area contributed by atoms with E-state index in [0.717, 1.165) is 0 Å². The summed E-state index contributed by atoms with van der Waals surface area (Å²) in [4.78, 5) is 12.8. The normalized spacial score (nSPS) is 15.7. The number of carbonyl (C=O) groups excluding carboxylic acids is 1. The van der Waals surface area contributed by atoms with Gasteiger partial charge in [0.25, 0.3) is 0 Å². The molecule has 1 N–H and O–H groups in total. The Morgan fingerprint density at radius 2 is 2.00 bits per heavy atom. The predicted molar refractivity (Wildman–Crippen MR) is 44.2 cm³/mol. The molecule has 3 heteroatoms. The van der Waals surface area contributed by atoms with Crippen LogP contribution in [0, 0.1) is 5.92 Å². The van der Waals surface area contributed by atoms with Gasteiger partial charge in [0.2, 0.25) is 5.91 Å². The monoisotopic (exact) mass is 159 g/mol. The Labute approximate surface area is 68.0 Å². The molecule has 0 spiro atoms. The summed E-state index contributed by atoms with van der Waals surface area (Å²) in [6, 6.07) is 0. The minimum Gasteiger partial charge on any atom is -0.393 e. The Bertz CT molecular complexity index is 132. The molecule has 0 heterocycles. The van der Waals surface area contributed by atoms with E-state index in [9.17, 15) is 9.90 Å². The quantitative estimate of drug-likeness (QED) is 0.650. The zero-order valence-corrected chi connectivity index (χ0v) is 7.66. The van der Waals surface area contributed by atoms with Crippen LogP contribution in [0.1, 0.15) is 20.3 Å². The van der Waals surface area contributed by atoms with Crippen LogP contribution in [0.3, 0.4) is 0 Å². The van der Waals surface area contributed by atoms with Crippen molar-refractivity contribution in [2.24, 2.45) is 5.92 Å². The standard InChI is InChI=1S/C8H17NO2/c1-5-7(6(2)10)8(11)9(3)4/h6-7,10H,5H2,1-4H3. The van der Waals surface area contributed by atoms with Gasteiger partial charge in [0.15, 0.2) is 0 Å². The lowest BCUT2D eigenvalue weighted by atomic mass is 9.99. The Morgan fingerprint density at radius 1 is 1.55 bits per heavy atom. The van der Waals surface area contributed by atoms with Gasteiger partial charge in [-0.25, -0.2) is 0 Å². The molecule has 0 fully saturated rings. The van der Waals surface area contributed by atoms with E-state index < -0.39 is 6.10 Å². The molecule has 0 saturated heterocycles. The average molecular weight is 159 g/mol. The zero-order valence-electron chi connectivity index (χ0n) is 7.66. The Hall–Kier alpha value is -0.570. The van der Waals surface area contributed by atoms with E-state index in [1.54, 1.807) is 21.0 Å². The molecule has 0 aliphatic carbocycles. The van der Waals surface area contributed by atoms with E-state index in [0.29, 0.717) is 6.42 Å². The highest BCUT2D eigenvalue weighted by molar-refractivity contribution is 5.78. The van der Waals surface area contributed by atoms with Crippen molar-refractivity contribution in [2.45, 2.75) is 26.4 Å². The van der Waals surface area contributed by atoms with Crippen molar-refractivity contribution in [3.63, 3.8) is 0 Å². The molecule has 0 aliphatic heterocycles. The molecule has 66 valence electrons. The average Bonchev–Trinajstić information content (AvgIpc) is 1.88. The largest absolute Gasteiger partial charge is 0.393 e. The highest BCUT2D eigenvalue weighted by Crippen LogP contribution is 2.10. The van der Waals surface area contributed by atoms with Crippen molar-refractivity contribution in [1.82, 2.24) is 4.90 Å². The number of aliphatic hydroxyl groups is 1. The van der Waals surface area contributed by atoms with Crippen molar-refractivity contribution < 1.29 is 9.90 Å². The topological polar surface area (TPSA) is 40.5 Å². The second kappa shape index (κ2) is 4.34. The molecule has 2 atom stereocenters. The third-order valence-corrected chi connectivity index (χ3v) is 1.78. The molecule has 0 rings (SSSR count). The summed E-state index contributed by atoms with van der Waals surface area (Å²) in [6.07, 6.45) is 0.143. The van der Waals surface area contributed by atoms with Gasteiger partial charge in [-0.2, -0.15) is 0 Å². The molecule has 0 aromatic carbocycles. The van der Waals surface area contributed by atoms with E-state index in [1.807, 2.05) is 6.92 Å². The first-order valence-corrected chi connectivity index (χ1v) is 3.90. The summed E-state index contributed by atoms with van der Waals surface area (Å²) in [5, 5.41) is 9.18. The Balaban J connectivity index is 4.15. The van der Waals surface area contributed by atoms with Crippen LogP contribution in [0.5, 0.6) is 0 Å². The van der Waals surface area contributed by atoms with Crippen LogP contribution in [0.15, 0.2) is 0 Å². The molecule has 2 unspecified atom stereocenters. The number of aliphatic hydroxyl groups excluding tert-OH is 1. The maximum atomic E-state index is 11.3. The van der Waals surface area contributed by atoms with Crippen molar-refractivity contribution >= 4 is 5.91 Å². The fourth-order valence-corrected chi connectivity index (χ4v) is 1.05. The smallest absolute Gasteiger partial charge is 0.227 e. The lowest BCUT2D eigenvalue weighted by Crippen LogP contribution is -2.35. The number of hydrogen-bond donors (Lipinski definition) is 1. The fraction of sp³-hybridized carbons (Fsp3) is 0.875. The maximum Gasteiger partial charge on any atom is 0.227 e. The molecule has 0 bridgehead atoms. The highest BCUT2D eigenvalue weighted by atomic mass is 16.3. The van der Waals surface area contributed by atoms with Crippen LogP contribution in [0.2, 0.25) is 0 Å². The minimum absolute atomic E-state index is 0.00231. The predicted octanol–water partition coefficient (Wildman–Crippen LogP) is 0.482. The molecular formula is C8H17NO2. The van der Waals surface area contributed by atoms with Crippen molar-refractivity contribution in [3.05, 3.63) is 0 Å². The Kier molecular flexibility index (Phi) is 4.11. The summed E-state index contributed by atoms with van der Waals surface area (Å²) in [5.41, 5.74) is 0. The van der Waals surface area contributed by atoms with Crippen LogP contribution in [-0.2, 0) is 4.79 Å². The van der Waals surface area contributed by atoms with Gasteiger partial charge in [-0.15, -0.1) is 0 Å². The van der Waals surface area contributed by atoms with Gasteiger partial charge in [-0.1, -0.05) is 6.92 Å². The first-order chi connectivity index (χ1) is 5.00. The van der Waals surface area contributed by atoms with Gasteiger partial charge in [-0.3, -0.25) is 4.79 Å². The number of carbonyl (C=O) groups is 1. The summed E-state index contributed by atoms with van der Waals surface area (Å²) >= 11 is 0. The van der Waals surface area contributed by atoms with Crippen LogP contribution in [0.4, 0.5) is 0 Å². The first kappa shape index (κ1) is 10.4. The van der Waals surface area contributed by atoms with E-state index in [4.69, 9.17) is 0 Å². The summed E-state index contributed by atoms with van der Waals surface area (Å²) in [7, 11) is 3.40. The molecule has 0 aromatic rings. The summed E-state index contributed by atoms with van der Waals surface area (Å²) < 4.78 is 0. The minimum atomic E-state index is -0.546. The van der Waals surface area contributed by atoms with Crippen LogP contribution >= 0.6 is 0 Å². The van der Waals surface area contributed by atoms with E-state index in [2.05, 4.69) is 0 Å². The van der Waals surface area contributed by atoms with Crippen LogP contribution in [0.25, 0.3) is 0 Å². The molecule has 0 aromatic heterocycles. The van der Waals surface area contributed by atoms with Crippen molar-refractivity contribution in [2.75, 3.05) is 14.1 Å². The fourth-order valence-electron chi connectivity index (χ4n) is 1.05. The highest BCUT2D eigenvalue weighted by Gasteiger charge is 2.22. The lowest BCUT2D eigenvalue weighted by Gasteiger charge is -2.21. The van der Waals surface area contributed by atoms with E-state index in [-0.39, 0.29) is 11.8 Å². The molecule has 0 aliphatic rings. The number of amides is 1. The maximum absolute atomic E-state index is 11.3. The van der Waals surface area contributed by atoms with Gasteiger partial charge in [0, 0.05) is 14.1 Å². The first-order valence-electron chi connectivity index (χ1n) is 3.90. The molecule has 11 heavy (non-hydrogen) atoms. The van der Waals surface area contributed by atoms with Gasteiger partial charge in [0.05, 0.1) is 12.0 Å². The number of nitrogens with zero attached hydrogens (tertiary/aromatic N) is 1. The summed E-state index contributed by atoms with van der Waals surface area (Å²) in [5.74, 6) is -0.243. The van der Waals surface area contributed by atoms with Crippen molar-refractivity contribution in [1.29, 1.82) is 0 Å². The third kappa shape index (κ3) is 2.89. The third-order valence-electron chi connectivity index (χ3n) is 1.78. The zero-order chi connectivity index (χ0) is 9.02. The molecule has 3 nitrogen and oxygen atoms in total. The van der Waals surface area contributed by atoms with Gasteiger partial charge in [0.1, 0.15) is 0 Å². The number of rotatable bonds is 3. The molecular weight excluding hydrogens is 142 g/mol. The van der Waals surface area contributed by atoms with Gasteiger partial charge in [-0.05, 0) is 13.3 Å². The summed E-state index contributed by atoms with van der Waals surface area (Å²) in [6.45, 7) is 3.55. The SMILES string of the molecule is CCC(C(=O)N(C)C)C(C)O. The molecule has 1 amide bonds. The van der Waals surface area contributed by atoms with E-state index in [1.165, 1.54) is 4.90 Å².